The smallest absolute Gasteiger partial charge is 0.231 e. The molecule has 0 fully saturated rings. The average Bonchev–Trinajstić information content (AvgIpc) is 3.51. The Bertz CT molecular complexity index is 2610. The normalized spacial score (nSPS) is 12.9. The summed E-state index contributed by atoms with van der Waals surface area (Å²) in [7, 11) is 0. The first kappa shape index (κ1) is 23.4. The van der Waals surface area contributed by atoms with Crippen LogP contribution in [-0.4, -0.2) is 6.79 Å². The molecule has 0 N–H and O–H groups in total. The molecule has 3 heterocycles. The summed E-state index contributed by atoms with van der Waals surface area (Å²) in [5, 5.41) is 5.04. The first-order valence-electron chi connectivity index (χ1n) is 13.4. The third-order valence-corrected chi connectivity index (χ3v) is 8.45. The maximum atomic E-state index is 14.0. The van der Waals surface area contributed by atoms with Crippen molar-refractivity contribution in [2.75, 3.05) is 6.79 Å². The predicted octanol–water partition coefficient (Wildman–Crippen LogP) is 8.56. The van der Waals surface area contributed by atoms with Crippen LogP contribution >= 0.6 is 11.6 Å². The standard InChI is InChI=1S/C35H17ClO6/c36-25-9-5-8-17-21(25)14-23(33-30(17)32(38)20-7-2-4-11-27(20)42-33)24-15-22-18(34-35(24)40-16-39-34)12-13-28-29(22)31(37)19-6-1-3-10-26(19)41-28/h1-15H,16H2. The van der Waals surface area contributed by atoms with E-state index in [4.69, 9.17) is 29.9 Å². The number of benzene rings is 6. The Kier molecular flexibility index (Phi) is 4.65. The molecule has 0 radical (unpaired) electrons. The number of hydrogen-bond acceptors (Lipinski definition) is 6. The highest BCUT2D eigenvalue weighted by Gasteiger charge is 2.27. The van der Waals surface area contributed by atoms with Gasteiger partial charge in [0.15, 0.2) is 11.5 Å². The molecule has 0 saturated carbocycles. The minimum Gasteiger partial charge on any atom is -0.456 e. The molecule has 6 nitrogen and oxygen atoms in total. The molecule has 1 aliphatic heterocycles. The lowest BCUT2D eigenvalue weighted by Crippen LogP contribution is -2.04. The van der Waals surface area contributed by atoms with Gasteiger partial charge in [-0.3, -0.25) is 9.59 Å². The van der Waals surface area contributed by atoms with Crippen molar-refractivity contribution < 1.29 is 18.3 Å². The largest absolute Gasteiger partial charge is 0.456 e. The topological polar surface area (TPSA) is 78.9 Å². The summed E-state index contributed by atoms with van der Waals surface area (Å²) in [6.07, 6.45) is 0. The Labute approximate surface area is 240 Å². The van der Waals surface area contributed by atoms with Gasteiger partial charge in [0.05, 0.1) is 21.5 Å². The van der Waals surface area contributed by atoms with Crippen molar-refractivity contribution in [1.82, 2.24) is 0 Å². The zero-order valence-corrected chi connectivity index (χ0v) is 22.5. The molecule has 0 spiro atoms. The molecular formula is C35H17ClO6. The van der Waals surface area contributed by atoms with Gasteiger partial charge in [-0.05, 0) is 60.0 Å². The summed E-state index contributed by atoms with van der Waals surface area (Å²) < 4.78 is 24.7. The van der Waals surface area contributed by atoms with E-state index in [1.165, 1.54) is 0 Å². The second-order valence-corrected chi connectivity index (χ2v) is 10.7. The van der Waals surface area contributed by atoms with Gasteiger partial charge in [0.25, 0.3) is 0 Å². The van der Waals surface area contributed by atoms with Crippen LogP contribution in [0.15, 0.2) is 109 Å². The minimum absolute atomic E-state index is 0.00492. The van der Waals surface area contributed by atoms with Gasteiger partial charge in [-0.15, -0.1) is 0 Å². The van der Waals surface area contributed by atoms with Crippen LogP contribution in [0.5, 0.6) is 11.5 Å². The summed E-state index contributed by atoms with van der Waals surface area (Å²) in [5.41, 5.74) is 2.73. The average molecular weight is 569 g/mol. The van der Waals surface area contributed by atoms with Crippen LogP contribution in [0.4, 0.5) is 0 Å². The molecule has 8 aromatic rings. The van der Waals surface area contributed by atoms with Crippen molar-refractivity contribution >= 4 is 77.0 Å². The highest BCUT2D eigenvalue weighted by Crippen LogP contribution is 2.50. The Morgan fingerprint density at radius 3 is 2.00 bits per heavy atom. The molecule has 0 saturated heterocycles. The van der Waals surface area contributed by atoms with E-state index in [2.05, 4.69) is 0 Å². The molecule has 0 unspecified atom stereocenters. The zero-order valence-electron chi connectivity index (χ0n) is 21.7. The Hall–Kier alpha value is -5.33. The molecule has 42 heavy (non-hydrogen) atoms. The van der Waals surface area contributed by atoms with Crippen molar-refractivity contribution in [3.05, 3.63) is 116 Å². The number of para-hydroxylation sites is 2. The van der Waals surface area contributed by atoms with Crippen molar-refractivity contribution in [1.29, 1.82) is 0 Å². The van der Waals surface area contributed by atoms with Gasteiger partial charge in [-0.25, -0.2) is 0 Å². The Morgan fingerprint density at radius 2 is 1.19 bits per heavy atom. The van der Waals surface area contributed by atoms with Crippen LogP contribution in [0.25, 0.3) is 76.5 Å². The van der Waals surface area contributed by atoms with E-state index in [-0.39, 0.29) is 17.7 Å². The molecule has 1 aliphatic rings. The van der Waals surface area contributed by atoms with E-state index in [1.54, 1.807) is 36.4 Å². The molecule has 7 heteroatoms. The number of halogens is 1. The van der Waals surface area contributed by atoms with Crippen molar-refractivity contribution in [3.63, 3.8) is 0 Å². The second-order valence-electron chi connectivity index (χ2n) is 10.3. The molecule has 9 rings (SSSR count). The highest BCUT2D eigenvalue weighted by molar-refractivity contribution is 6.37. The first-order valence-corrected chi connectivity index (χ1v) is 13.7. The number of ether oxygens (including phenoxy) is 2. The molecule has 0 aliphatic carbocycles. The van der Waals surface area contributed by atoms with Crippen LogP contribution in [0.2, 0.25) is 5.02 Å². The van der Waals surface area contributed by atoms with E-state index in [1.807, 2.05) is 54.6 Å². The van der Waals surface area contributed by atoms with Gasteiger partial charge in [0.2, 0.25) is 17.7 Å². The van der Waals surface area contributed by atoms with Crippen molar-refractivity contribution in [2.45, 2.75) is 0 Å². The number of fused-ring (bicyclic) bond motifs is 10. The highest BCUT2D eigenvalue weighted by atomic mass is 35.5. The molecule has 200 valence electrons. The quantitative estimate of drug-likeness (QED) is 0.146. The summed E-state index contributed by atoms with van der Waals surface area (Å²) >= 11 is 6.71. The van der Waals surface area contributed by atoms with Gasteiger partial charge in [-0.1, -0.05) is 48.0 Å². The maximum Gasteiger partial charge on any atom is 0.231 e. The van der Waals surface area contributed by atoms with E-state index in [0.717, 1.165) is 5.39 Å². The van der Waals surface area contributed by atoms with Crippen molar-refractivity contribution in [2.24, 2.45) is 0 Å². The molecular weight excluding hydrogens is 552 g/mol. The van der Waals surface area contributed by atoms with Crippen LogP contribution in [-0.2, 0) is 0 Å². The second kappa shape index (κ2) is 8.35. The lowest BCUT2D eigenvalue weighted by Gasteiger charge is -2.15. The van der Waals surface area contributed by atoms with Crippen LogP contribution < -0.4 is 20.3 Å². The summed E-state index contributed by atoms with van der Waals surface area (Å²) in [5.74, 6) is 1.00. The lowest BCUT2D eigenvalue weighted by molar-refractivity contribution is 0.175. The molecule has 0 amide bonds. The monoisotopic (exact) mass is 568 g/mol. The molecule has 6 aromatic carbocycles. The molecule has 0 bridgehead atoms. The Balaban J connectivity index is 1.50. The van der Waals surface area contributed by atoms with E-state index < -0.39 is 0 Å². The predicted molar refractivity (Wildman–Crippen MR) is 165 cm³/mol. The minimum atomic E-state index is -0.159. The fraction of sp³-hybridized carbons (Fsp3) is 0.0286. The maximum absolute atomic E-state index is 14.0. The fourth-order valence-corrected chi connectivity index (χ4v) is 6.47. The van der Waals surface area contributed by atoms with Crippen LogP contribution in [0, 0.1) is 0 Å². The van der Waals surface area contributed by atoms with Gasteiger partial charge in [-0.2, -0.15) is 0 Å². The van der Waals surface area contributed by atoms with Gasteiger partial charge in [0.1, 0.15) is 22.3 Å². The Morgan fingerprint density at radius 1 is 0.524 bits per heavy atom. The summed E-state index contributed by atoms with van der Waals surface area (Å²) in [6.45, 7) is 0.00492. The van der Waals surface area contributed by atoms with E-state index in [0.29, 0.717) is 87.7 Å². The third kappa shape index (κ3) is 3.04. The van der Waals surface area contributed by atoms with Gasteiger partial charge in [0, 0.05) is 32.3 Å². The summed E-state index contributed by atoms with van der Waals surface area (Å²) in [6, 6.07) is 27.3. The third-order valence-electron chi connectivity index (χ3n) is 8.12. The van der Waals surface area contributed by atoms with Gasteiger partial charge < -0.3 is 18.3 Å². The van der Waals surface area contributed by atoms with Crippen LogP contribution in [0.3, 0.4) is 0 Å². The molecule has 0 atom stereocenters. The van der Waals surface area contributed by atoms with E-state index >= 15 is 0 Å². The zero-order chi connectivity index (χ0) is 28.1. The van der Waals surface area contributed by atoms with E-state index in [9.17, 15) is 9.59 Å². The fourth-order valence-electron chi connectivity index (χ4n) is 6.24. The summed E-state index contributed by atoms with van der Waals surface area (Å²) in [4.78, 5) is 27.8. The van der Waals surface area contributed by atoms with Crippen molar-refractivity contribution in [3.8, 4) is 22.6 Å². The number of hydrogen-bond donors (Lipinski definition) is 0. The number of rotatable bonds is 1. The first-order chi connectivity index (χ1) is 20.6. The van der Waals surface area contributed by atoms with Gasteiger partial charge >= 0.3 is 0 Å². The lowest BCUT2D eigenvalue weighted by atomic mass is 9.92. The van der Waals surface area contributed by atoms with Crippen LogP contribution in [0.1, 0.15) is 0 Å². The molecule has 2 aromatic heterocycles. The SMILES string of the molecule is O=c1c2ccccc2oc2ccc3c4c(c(-c5cc6c(Cl)cccc6c6c(=O)c7ccccc7oc56)cc3c12)OCO4.